The van der Waals surface area contributed by atoms with Crippen molar-refractivity contribution in [2.45, 2.75) is 13.1 Å². The Hall–Kier alpha value is -3.09. The van der Waals surface area contributed by atoms with E-state index in [9.17, 15) is 18.4 Å². The van der Waals surface area contributed by atoms with Crippen molar-refractivity contribution >= 4 is 34.3 Å². The van der Waals surface area contributed by atoms with Gasteiger partial charge in [0.25, 0.3) is 0 Å². The van der Waals surface area contributed by atoms with Crippen LogP contribution in [0.15, 0.2) is 52.9 Å². The summed E-state index contributed by atoms with van der Waals surface area (Å²) in [5, 5.41) is 15.4. The van der Waals surface area contributed by atoms with Gasteiger partial charge in [-0.2, -0.15) is 23.5 Å². The Balaban J connectivity index is 1.82. The summed E-state index contributed by atoms with van der Waals surface area (Å²) in [5.74, 6) is 0.734. The average molecular weight is 451 g/mol. The summed E-state index contributed by atoms with van der Waals surface area (Å²) in [6.07, 6.45) is -4.52. The summed E-state index contributed by atoms with van der Waals surface area (Å²) in [5.41, 5.74) is 2.87. The second-order valence-electron chi connectivity index (χ2n) is 5.87. The van der Waals surface area contributed by atoms with Crippen LogP contribution in [-0.2, 0) is 6.18 Å². The zero-order chi connectivity index (χ0) is 21.7. The maximum absolute atomic E-state index is 12.9. The molecule has 0 aliphatic rings. The zero-order valence-corrected chi connectivity index (χ0v) is 17.1. The number of ether oxygens (including phenoxy) is 1. The van der Waals surface area contributed by atoms with Crippen molar-refractivity contribution in [3.8, 4) is 23.1 Å². The number of nitrogens with zero attached hydrogens (tertiary/aromatic N) is 3. The molecular weight excluding hydrogens is 437 g/mol. The lowest BCUT2D eigenvalue weighted by Gasteiger charge is -2.10. The van der Waals surface area contributed by atoms with E-state index in [4.69, 9.17) is 16.3 Å². The van der Waals surface area contributed by atoms with Crippen LogP contribution >= 0.6 is 22.9 Å². The van der Waals surface area contributed by atoms with Gasteiger partial charge in [0, 0.05) is 10.9 Å². The van der Waals surface area contributed by atoms with E-state index in [1.165, 1.54) is 11.3 Å². The van der Waals surface area contributed by atoms with Crippen LogP contribution in [-0.4, -0.2) is 17.3 Å². The minimum atomic E-state index is -4.52. The van der Waals surface area contributed by atoms with Gasteiger partial charge in [0.05, 0.1) is 28.6 Å². The number of halogens is 4. The Bertz CT molecular complexity index is 1100. The Kier molecular flexibility index (Phi) is 6.59. The fraction of sp³-hybridized carbons (Fsp3) is 0.150. The van der Waals surface area contributed by atoms with E-state index >= 15 is 0 Å². The minimum absolute atomic E-state index is 0.0401. The molecule has 1 N–H and O–H groups in total. The molecule has 1 aromatic heterocycles. The fourth-order valence-corrected chi connectivity index (χ4v) is 3.35. The molecule has 1 heterocycles. The first-order valence-electron chi connectivity index (χ1n) is 8.61. The second kappa shape index (κ2) is 9.15. The number of thiazole rings is 1. The second-order valence-corrected chi connectivity index (χ2v) is 7.14. The van der Waals surface area contributed by atoms with Crippen LogP contribution in [0.2, 0.25) is 5.02 Å². The first-order chi connectivity index (χ1) is 14.3. The number of hydrogen-bond acceptors (Lipinski definition) is 6. The van der Waals surface area contributed by atoms with E-state index in [0.29, 0.717) is 17.3 Å². The highest BCUT2D eigenvalue weighted by molar-refractivity contribution is 7.12. The molecule has 3 aromatic rings. The SMILES string of the molecule is CCOc1ccc(-c2csc(/C(C#N)=N/Nc3cc(C(F)(F)F)ccc3Cl)n2)cc1. The molecule has 0 atom stereocenters. The van der Waals surface area contributed by atoms with Crippen molar-refractivity contribution in [2.24, 2.45) is 5.10 Å². The minimum Gasteiger partial charge on any atom is -0.494 e. The summed E-state index contributed by atoms with van der Waals surface area (Å²) in [6, 6.07) is 12.0. The Morgan fingerprint density at radius 3 is 2.63 bits per heavy atom. The molecule has 5 nitrogen and oxygen atoms in total. The molecule has 2 aromatic carbocycles. The van der Waals surface area contributed by atoms with Crippen molar-refractivity contribution in [1.29, 1.82) is 5.26 Å². The van der Waals surface area contributed by atoms with Gasteiger partial charge in [-0.15, -0.1) is 11.3 Å². The Morgan fingerprint density at radius 2 is 2.00 bits per heavy atom. The van der Waals surface area contributed by atoms with Crippen molar-refractivity contribution in [2.75, 3.05) is 12.0 Å². The maximum atomic E-state index is 12.9. The molecule has 0 amide bonds. The van der Waals surface area contributed by atoms with Gasteiger partial charge in [-0.05, 0) is 49.4 Å². The third-order valence-electron chi connectivity index (χ3n) is 3.86. The van der Waals surface area contributed by atoms with Gasteiger partial charge in [-0.25, -0.2) is 4.98 Å². The van der Waals surface area contributed by atoms with E-state index < -0.39 is 11.7 Å². The first-order valence-corrected chi connectivity index (χ1v) is 9.87. The van der Waals surface area contributed by atoms with Crippen LogP contribution in [0.5, 0.6) is 5.75 Å². The number of rotatable bonds is 6. The van der Waals surface area contributed by atoms with Crippen LogP contribution in [0.4, 0.5) is 18.9 Å². The number of nitriles is 1. The van der Waals surface area contributed by atoms with Crippen LogP contribution in [0, 0.1) is 11.3 Å². The van der Waals surface area contributed by atoms with Gasteiger partial charge in [0.1, 0.15) is 11.8 Å². The van der Waals surface area contributed by atoms with Gasteiger partial charge in [0.15, 0.2) is 10.7 Å². The molecule has 0 aliphatic heterocycles. The molecule has 3 rings (SSSR count). The summed E-state index contributed by atoms with van der Waals surface area (Å²) < 4.78 is 44.1. The highest BCUT2D eigenvalue weighted by Crippen LogP contribution is 2.34. The van der Waals surface area contributed by atoms with Gasteiger partial charge in [0.2, 0.25) is 0 Å². The predicted molar refractivity (Wildman–Crippen MR) is 111 cm³/mol. The Morgan fingerprint density at radius 1 is 1.27 bits per heavy atom. The van der Waals surface area contributed by atoms with Crippen molar-refractivity contribution < 1.29 is 17.9 Å². The van der Waals surface area contributed by atoms with Crippen molar-refractivity contribution in [3.05, 3.63) is 63.4 Å². The lowest BCUT2D eigenvalue weighted by Crippen LogP contribution is -2.06. The molecule has 0 unspecified atom stereocenters. The zero-order valence-electron chi connectivity index (χ0n) is 15.5. The van der Waals surface area contributed by atoms with Gasteiger partial charge in [-0.1, -0.05) is 11.6 Å². The normalized spacial score (nSPS) is 11.8. The topological polar surface area (TPSA) is 70.3 Å². The van der Waals surface area contributed by atoms with E-state index in [1.807, 2.05) is 37.3 Å². The maximum Gasteiger partial charge on any atom is 0.416 e. The molecule has 0 saturated heterocycles. The van der Waals surface area contributed by atoms with Gasteiger partial charge >= 0.3 is 6.18 Å². The smallest absolute Gasteiger partial charge is 0.416 e. The first kappa shape index (κ1) is 21.6. The molecule has 0 fully saturated rings. The molecule has 0 radical (unpaired) electrons. The summed E-state index contributed by atoms with van der Waals surface area (Å²) in [7, 11) is 0. The monoisotopic (exact) mass is 450 g/mol. The van der Waals surface area contributed by atoms with E-state index in [2.05, 4.69) is 15.5 Å². The number of hydrogen-bond donors (Lipinski definition) is 1. The lowest BCUT2D eigenvalue weighted by atomic mass is 10.2. The third kappa shape index (κ3) is 5.09. The predicted octanol–water partition coefficient (Wildman–Crippen LogP) is 6.22. The van der Waals surface area contributed by atoms with Gasteiger partial charge in [-0.3, -0.25) is 5.43 Å². The molecule has 0 spiro atoms. The van der Waals surface area contributed by atoms with Gasteiger partial charge < -0.3 is 4.74 Å². The highest BCUT2D eigenvalue weighted by Gasteiger charge is 2.31. The van der Waals surface area contributed by atoms with Crippen LogP contribution in [0.25, 0.3) is 11.3 Å². The third-order valence-corrected chi connectivity index (χ3v) is 5.03. The number of alkyl halides is 3. The number of aromatic nitrogens is 1. The van der Waals surface area contributed by atoms with Crippen LogP contribution in [0.1, 0.15) is 17.5 Å². The van der Waals surface area contributed by atoms with E-state index in [0.717, 1.165) is 29.5 Å². The molecule has 0 bridgehead atoms. The summed E-state index contributed by atoms with van der Waals surface area (Å²) in [4.78, 5) is 4.39. The van der Waals surface area contributed by atoms with Crippen molar-refractivity contribution in [1.82, 2.24) is 4.98 Å². The average Bonchev–Trinajstić information content (AvgIpc) is 3.19. The largest absolute Gasteiger partial charge is 0.494 e. The molecule has 10 heteroatoms. The number of hydrazone groups is 1. The standard InChI is InChI=1S/C20H14ClF3N4OS/c1-2-29-14-6-3-12(4-7-14)18-11-30-19(26-18)17(10-25)28-27-16-9-13(20(22,23)24)5-8-15(16)21/h3-9,11,27H,2H2,1H3/b28-17+. The van der Waals surface area contributed by atoms with E-state index in [-0.39, 0.29) is 16.4 Å². The number of nitrogens with one attached hydrogen (secondary N) is 1. The molecule has 0 saturated carbocycles. The fourth-order valence-electron chi connectivity index (χ4n) is 2.43. The quantitative estimate of drug-likeness (QED) is 0.357. The number of benzene rings is 2. The molecule has 154 valence electrons. The molecular formula is C20H14ClF3N4OS. The van der Waals surface area contributed by atoms with Crippen LogP contribution in [0.3, 0.4) is 0 Å². The Labute approximate surface area is 179 Å². The van der Waals surface area contributed by atoms with E-state index in [1.54, 1.807) is 5.38 Å². The van der Waals surface area contributed by atoms with Crippen molar-refractivity contribution in [3.63, 3.8) is 0 Å². The lowest BCUT2D eigenvalue weighted by molar-refractivity contribution is -0.137. The van der Waals surface area contributed by atoms with Crippen LogP contribution < -0.4 is 10.2 Å². The molecule has 0 aliphatic carbocycles. The molecule has 30 heavy (non-hydrogen) atoms. The number of anilines is 1. The summed E-state index contributed by atoms with van der Waals surface area (Å²) >= 11 is 7.12. The highest BCUT2D eigenvalue weighted by atomic mass is 35.5. The summed E-state index contributed by atoms with van der Waals surface area (Å²) in [6.45, 7) is 2.45.